The number of imidazole rings is 1. The molecule has 14 heteroatoms. The van der Waals surface area contributed by atoms with Crippen molar-refractivity contribution in [1.82, 2.24) is 19.2 Å². The Bertz CT molecular complexity index is 998. The van der Waals surface area contributed by atoms with Crippen LogP contribution in [0.5, 0.6) is 0 Å². The normalized spacial score (nSPS) is 22.6. The third kappa shape index (κ3) is 5.89. The lowest BCUT2D eigenvalue weighted by Crippen LogP contribution is -2.55. The minimum Gasteiger partial charge on any atom is -0.475 e. The molecule has 1 saturated heterocycles. The Balaban J connectivity index is 0.000000406. The number of nitrogens with one attached hydrogen (secondary N) is 1. The average Bonchev–Trinajstić information content (AvgIpc) is 3.51. The Morgan fingerprint density at radius 1 is 1.29 bits per heavy atom. The van der Waals surface area contributed by atoms with Crippen molar-refractivity contribution in [1.29, 1.82) is 0 Å². The minimum atomic E-state index is -5.08. The quantitative estimate of drug-likeness (QED) is 0.613. The van der Waals surface area contributed by atoms with Gasteiger partial charge in [0.25, 0.3) is 5.91 Å². The van der Waals surface area contributed by atoms with E-state index >= 15 is 0 Å². The third-order valence-electron chi connectivity index (χ3n) is 5.91. The molecule has 1 unspecified atom stereocenters. The Morgan fingerprint density at radius 3 is 2.38 bits per heavy atom. The van der Waals surface area contributed by atoms with Gasteiger partial charge in [-0.15, -0.1) is 0 Å². The van der Waals surface area contributed by atoms with Crippen LogP contribution in [-0.4, -0.2) is 76.4 Å². The fraction of sp³-hybridized carbons (Fsp3) is 0.750. The molecular formula is C20H29F3N4O6S. The third-order valence-corrected chi connectivity index (χ3v) is 8.31. The maximum atomic E-state index is 12.6. The van der Waals surface area contributed by atoms with Crippen molar-refractivity contribution >= 4 is 21.9 Å². The standard InChI is InChI=1S/C18H28N4O4S.C2HF3O2/c1-13(2)11-20-16(23)15-12-21-10-7-19-17(21)18(26-15)5-8-22(9-6-18)27(24,25)14-3-4-14;3-2(4,5)1(6)7/h7,10,13-15H,3-6,8-9,11-12H2,1-2H3,(H,20,23);(H,6,7). The van der Waals surface area contributed by atoms with Gasteiger partial charge in [0.2, 0.25) is 10.0 Å². The van der Waals surface area contributed by atoms with Gasteiger partial charge in [-0.25, -0.2) is 22.5 Å². The number of fused-ring (bicyclic) bond motifs is 2. The summed E-state index contributed by atoms with van der Waals surface area (Å²) in [6.45, 7) is 5.96. The van der Waals surface area contributed by atoms with Gasteiger partial charge in [-0.2, -0.15) is 13.2 Å². The number of hydrogen-bond acceptors (Lipinski definition) is 6. The van der Waals surface area contributed by atoms with Gasteiger partial charge in [-0.3, -0.25) is 4.79 Å². The number of rotatable bonds is 5. The first-order chi connectivity index (χ1) is 15.8. The molecule has 1 amide bonds. The van der Waals surface area contributed by atoms with Crippen LogP contribution in [0.25, 0.3) is 0 Å². The van der Waals surface area contributed by atoms with Gasteiger partial charge in [-0.1, -0.05) is 13.8 Å². The lowest BCUT2D eigenvalue weighted by Gasteiger charge is -2.45. The van der Waals surface area contributed by atoms with Gasteiger partial charge >= 0.3 is 12.1 Å². The number of amides is 1. The molecule has 1 aromatic heterocycles. The highest BCUT2D eigenvalue weighted by Gasteiger charge is 2.50. The summed E-state index contributed by atoms with van der Waals surface area (Å²) in [4.78, 5) is 26.0. The summed E-state index contributed by atoms with van der Waals surface area (Å²) in [5.74, 6) is -1.70. The molecule has 2 aliphatic heterocycles. The molecule has 10 nitrogen and oxygen atoms in total. The van der Waals surface area contributed by atoms with Crippen LogP contribution in [0.1, 0.15) is 45.4 Å². The molecule has 0 aromatic carbocycles. The van der Waals surface area contributed by atoms with E-state index in [4.69, 9.17) is 14.6 Å². The monoisotopic (exact) mass is 510 g/mol. The van der Waals surface area contributed by atoms with Crippen LogP contribution < -0.4 is 5.32 Å². The number of piperidine rings is 1. The maximum absolute atomic E-state index is 12.6. The molecule has 4 rings (SSSR count). The van der Waals surface area contributed by atoms with Crippen LogP contribution in [0.15, 0.2) is 12.4 Å². The summed E-state index contributed by atoms with van der Waals surface area (Å²) in [6, 6.07) is 0. The van der Waals surface area contributed by atoms with Crippen molar-refractivity contribution in [3.63, 3.8) is 0 Å². The molecular weight excluding hydrogens is 481 g/mol. The molecule has 1 saturated carbocycles. The van der Waals surface area contributed by atoms with Crippen LogP contribution in [0, 0.1) is 5.92 Å². The Hall–Kier alpha value is -2.19. The topological polar surface area (TPSA) is 131 Å². The molecule has 1 spiro atoms. The van der Waals surface area contributed by atoms with Crippen molar-refractivity contribution in [3.05, 3.63) is 18.2 Å². The largest absolute Gasteiger partial charge is 0.490 e. The van der Waals surface area contributed by atoms with E-state index in [9.17, 15) is 26.4 Å². The smallest absolute Gasteiger partial charge is 0.475 e. The second kappa shape index (κ2) is 9.82. The number of hydrogen-bond donors (Lipinski definition) is 2. The highest BCUT2D eigenvalue weighted by molar-refractivity contribution is 7.90. The molecule has 0 radical (unpaired) electrons. The molecule has 1 aliphatic carbocycles. The second-order valence-electron chi connectivity index (χ2n) is 9.09. The molecule has 192 valence electrons. The van der Waals surface area contributed by atoms with Crippen molar-refractivity contribution in [2.45, 2.75) is 69.2 Å². The highest BCUT2D eigenvalue weighted by Crippen LogP contribution is 2.42. The zero-order chi connectivity index (χ0) is 25.3. The number of aliphatic carboxylic acids is 1. The highest BCUT2D eigenvalue weighted by atomic mass is 32.2. The average molecular weight is 511 g/mol. The molecule has 1 aromatic rings. The van der Waals surface area contributed by atoms with Gasteiger partial charge in [0.1, 0.15) is 11.4 Å². The maximum Gasteiger partial charge on any atom is 0.490 e. The number of carbonyl (C=O) groups is 2. The number of carboxylic acid groups (broad SMARTS) is 1. The van der Waals surface area contributed by atoms with E-state index in [-0.39, 0.29) is 11.2 Å². The van der Waals surface area contributed by atoms with Gasteiger partial charge in [0.05, 0.1) is 11.8 Å². The number of nitrogens with zero attached hydrogens (tertiary/aromatic N) is 3. The molecule has 0 bridgehead atoms. The summed E-state index contributed by atoms with van der Waals surface area (Å²) in [7, 11) is -3.18. The Kier molecular flexibility index (Phi) is 7.63. The Morgan fingerprint density at radius 2 is 1.88 bits per heavy atom. The first-order valence-corrected chi connectivity index (χ1v) is 12.5. The second-order valence-corrected chi connectivity index (χ2v) is 11.3. The minimum absolute atomic E-state index is 0.115. The fourth-order valence-corrected chi connectivity index (χ4v) is 5.82. The van der Waals surface area contributed by atoms with E-state index in [1.54, 1.807) is 10.5 Å². The molecule has 3 aliphatic rings. The van der Waals surface area contributed by atoms with Gasteiger partial charge in [-0.05, 0) is 31.6 Å². The lowest BCUT2D eigenvalue weighted by molar-refractivity contribution is -0.192. The SMILES string of the molecule is CC(C)CNC(=O)C1Cn2ccnc2C2(CCN(S(=O)(=O)C3CC3)CC2)O1.O=C(O)C(F)(F)F. The summed E-state index contributed by atoms with van der Waals surface area (Å²) in [5.41, 5.74) is -0.697. The van der Waals surface area contributed by atoms with Crippen molar-refractivity contribution in [2.24, 2.45) is 5.92 Å². The number of alkyl halides is 3. The van der Waals surface area contributed by atoms with Crippen LogP contribution in [0.2, 0.25) is 0 Å². The molecule has 2 fully saturated rings. The van der Waals surface area contributed by atoms with Crippen molar-refractivity contribution < 1.29 is 41.0 Å². The van der Waals surface area contributed by atoms with E-state index in [2.05, 4.69) is 10.3 Å². The van der Waals surface area contributed by atoms with Crippen LogP contribution in [-0.2, 0) is 36.5 Å². The number of ether oxygens (including phenoxy) is 1. The van der Waals surface area contributed by atoms with E-state index in [1.165, 1.54) is 0 Å². The molecule has 2 N–H and O–H groups in total. The zero-order valence-electron chi connectivity index (χ0n) is 18.9. The Labute approximate surface area is 195 Å². The van der Waals surface area contributed by atoms with E-state index in [1.807, 2.05) is 24.6 Å². The number of carboxylic acids is 1. The molecule has 1 atom stereocenters. The lowest BCUT2D eigenvalue weighted by atomic mass is 9.89. The van der Waals surface area contributed by atoms with Gasteiger partial charge < -0.3 is 19.7 Å². The number of aromatic nitrogens is 2. The first kappa shape index (κ1) is 26.4. The van der Waals surface area contributed by atoms with Crippen LogP contribution in [0.3, 0.4) is 0 Å². The summed E-state index contributed by atoms with van der Waals surface area (Å²) >= 11 is 0. The van der Waals surface area contributed by atoms with E-state index < -0.39 is 33.9 Å². The predicted octanol–water partition coefficient (Wildman–Crippen LogP) is 1.47. The molecule has 3 heterocycles. The van der Waals surface area contributed by atoms with E-state index in [0.717, 1.165) is 18.7 Å². The summed E-state index contributed by atoms with van der Waals surface area (Å²) < 4.78 is 66.7. The summed E-state index contributed by atoms with van der Waals surface area (Å²) in [5, 5.41) is 9.88. The number of halogens is 3. The van der Waals surface area contributed by atoms with Crippen molar-refractivity contribution in [3.8, 4) is 0 Å². The van der Waals surface area contributed by atoms with Crippen molar-refractivity contribution in [2.75, 3.05) is 19.6 Å². The number of carbonyl (C=O) groups excluding carboxylic acids is 1. The summed E-state index contributed by atoms with van der Waals surface area (Å²) in [6.07, 6.45) is 0.495. The zero-order valence-corrected chi connectivity index (χ0v) is 19.7. The van der Waals surface area contributed by atoms with Gasteiger partial charge in [0, 0.05) is 32.0 Å². The van der Waals surface area contributed by atoms with Crippen LogP contribution >= 0.6 is 0 Å². The van der Waals surface area contributed by atoms with Crippen LogP contribution in [0.4, 0.5) is 13.2 Å². The predicted molar refractivity (Wildman–Crippen MR) is 113 cm³/mol. The fourth-order valence-electron chi connectivity index (χ4n) is 3.97. The first-order valence-electron chi connectivity index (χ1n) is 11.0. The van der Waals surface area contributed by atoms with E-state index in [0.29, 0.717) is 44.9 Å². The number of sulfonamides is 1. The molecule has 34 heavy (non-hydrogen) atoms. The van der Waals surface area contributed by atoms with Gasteiger partial charge in [0.15, 0.2) is 6.10 Å².